The minimum Gasteiger partial charge on any atom is -0.363 e. The van der Waals surface area contributed by atoms with Crippen LogP contribution in [0.4, 0.5) is 0 Å². The normalized spacial score (nSPS) is 43.0. The van der Waals surface area contributed by atoms with E-state index in [0.717, 1.165) is 6.42 Å². The standard InChI is InChI=1S/C10H15Br2ClO/c1-9(2)7(11)6-8(12)10(3,14-9)4-5-13/h4-5,7-8H,6H2,1-3H3/b5-4+. The van der Waals surface area contributed by atoms with Gasteiger partial charge in [-0.25, -0.2) is 0 Å². The van der Waals surface area contributed by atoms with Crippen LogP contribution in [-0.4, -0.2) is 20.9 Å². The second-order valence-corrected chi connectivity index (χ2v) is 6.82. The van der Waals surface area contributed by atoms with Crippen LogP contribution < -0.4 is 0 Å². The third kappa shape index (κ3) is 2.55. The van der Waals surface area contributed by atoms with Crippen LogP contribution in [0.15, 0.2) is 11.6 Å². The van der Waals surface area contributed by atoms with E-state index < -0.39 is 0 Å². The molecule has 1 fully saturated rings. The van der Waals surface area contributed by atoms with Crippen LogP contribution in [-0.2, 0) is 4.74 Å². The summed E-state index contributed by atoms with van der Waals surface area (Å²) in [5, 5.41) is 0. The highest BCUT2D eigenvalue weighted by molar-refractivity contribution is 9.10. The van der Waals surface area contributed by atoms with Crippen LogP contribution in [0.5, 0.6) is 0 Å². The zero-order chi connectivity index (χ0) is 11.0. The quantitative estimate of drug-likeness (QED) is 0.646. The Morgan fingerprint density at radius 2 is 1.86 bits per heavy atom. The molecule has 0 aromatic carbocycles. The first-order valence-corrected chi connectivity index (χ1v) is 6.85. The van der Waals surface area contributed by atoms with Crippen LogP contribution in [0.3, 0.4) is 0 Å². The summed E-state index contributed by atoms with van der Waals surface area (Å²) < 4.78 is 6.06. The minimum atomic E-state index is -0.324. The van der Waals surface area contributed by atoms with Gasteiger partial charge in [0.25, 0.3) is 0 Å². The topological polar surface area (TPSA) is 9.23 Å². The summed E-state index contributed by atoms with van der Waals surface area (Å²) in [7, 11) is 0. The Morgan fingerprint density at radius 1 is 1.29 bits per heavy atom. The third-order valence-corrected chi connectivity index (χ3v) is 5.55. The highest BCUT2D eigenvalue weighted by atomic mass is 79.9. The maximum atomic E-state index is 6.06. The van der Waals surface area contributed by atoms with E-state index in [0.29, 0.717) is 4.83 Å². The van der Waals surface area contributed by atoms with E-state index in [4.69, 9.17) is 16.3 Å². The van der Waals surface area contributed by atoms with Crippen molar-refractivity contribution in [1.29, 1.82) is 0 Å². The molecular weight excluding hydrogens is 331 g/mol. The molecule has 3 atom stereocenters. The number of halogens is 3. The van der Waals surface area contributed by atoms with Gasteiger partial charge in [0.15, 0.2) is 0 Å². The van der Waals surface area contributed by atoms with Crippen molar-refractivity contribution in [3.63, 3.8) is 0 Å². The molecule has 3 unspecified atom stereocenters. The van der Waals surface area contributed by atoms with E-state index in [9.17, 15) is 0 Å². The molecular formula is C10H15Br2ClO. The lowest BCUT2D eigenvalue weighted by Crippen LogP contribution is -2.54. The van der Waals surface area contributed by atoms with Gasteiger partial charge in [-0.1, -0.05) is 43.5 Å². The number of rotatable bonds is 1. The summed E-state index contributed by atoms with van der Waals surface area (Å²) in [5.41, 5.74) is 1.03. The van der Waals surface area contributed by atoms with E-state index in [1.54, 1.807) is 0 Å². The average Bonchev–Trinajstić information content (AvgIpc) is 2.01. The first-order chi connectivity index (χ1) is 6.32. The highest BCUT2D eigenvalue weighted by Crippen LogP contribution is 2.43. The maximum Gasteiger partial charge on any atom is 0.0978 e. The molecule has 0 aliphatic carbocycles. The zero-order valence-corrected chi connectivity index (χ0v) is 12.5. The van der Waals surface area contributed by atoms with Gasteiger partial charge in [-0.2, -0.15) is 0 Å². The van der Waals surface area contributed by atoms with Gasteiger partial charge in [0, 0.05) is 15.2 Å². The van der Waals surface area contributed by atoms with Gasteiger partial charge >= 0.3 is 0 Å². The molecule has 0 bridgehead atoms. The Labute approximate surface area is 107 Å². The third-order valence-electron chi connectivity index (χ3n) is 2.67. The van der Waals surface area contributed by atoms with Crippen LogP contribution in [0.2, 0.25) is 0 Å². The molecule has 1 saturated heterocycles. The molecule has 0 aromatic heterocycles. The average molecular weight is 346 g/mol. The van der Waals surface area contributed by atoms with Gasteiger partial charge in [0.05, 0.1) is 11.2 Å². The fourth-order valence-corrected chi connectivity index (χ4v) is 3.50. The van der Waals surface area contributed by atoms with Crippen molar-refractivity contribution in [2.45, 2.75) is 48.0 Å². The second kappa shape index (κ2) is 4.44. The largest absolute Gasteiger partial charge is 0.363 e. The number of ether oxygens (including phenoxy) is 1. The lowest BCUT2D eigenvalue weighted by atomic mass is 9.88. The van der Waals surface area contributed by atoms with E-state index in [-0.39, 0.29) is 16.0 Å². The molecule has 1 heterocycles. The Balaban J connectivity index is 2.89. The van der Waals surface area contributed by atoms with Gasteiger partial charge in [-0.3, -0.25) is 0 Å². The van der Waals surface area contributed by atoms with Crippen LogP contribution in [0.1, 0.15) is 27.2 Å². The van der Waals surface area contributed by atoms with Gasteiger partial charge < -0.3 is 4.74 Å². The predicted octanol–water partition coefficient (Wildman–Crippen LogP) is 4.22. The molecule has 1 aliphatic heterocycles. The summed E-state index contributed by atoms with van der Waals surface area (Å²) in [6, 6.07) is 0. The Morgan fingerprint density at radius 3 is 2.36 bits per heavy atom. The van der Waals surface area contributed by atoms with Crippen molar-refractivity contribution in [3.05, 3.63) is 11.6 Å². The molecule has 0 amide bonds. The molecule has 0 radical (unpaired) electrons. The fourth-order valence-electron chi connectivity index (χ4n) is 1.66. The molecule has 1 rings (SSSR count). The molecule has 82 valence electrons. The molecule has 1 aliphatic rings. The van der Waals surface area contributed by atoms with E-state index in [1.165, 1.54) is 5.54 Å². The highest BCUT2D eigenvalue weighted by Gasteiger charge is 2.46. The SMILES string of the molecule is CC1(C)OC(C)(/C=C/Cl)C(Br)CC1Br. The lowest BCUT2D eigenvalue weighted by molar-refractivity contribution is -0.129. The molecule has 0 N–H and O–H groups in total. The van der Waals surface area contributed by atoms with Gasteiger partial charge in [0.2, 0.25) is 0 Å². The van der Waals surface area contributed by atoms with Crippen molar-refractivity contribution < 1.29 is 4.74 Å². The molecule has 14 heavy (non-hydrogen) atoms. The van der Waals surface area contributed by atoms with E-state index >= 15 is 0 Å². The predicted molar refractivity (Wildman–Crippen MR) is 68.6 cm³/mol. The summed E-state index contributed by atoms with van der Waals surface area (Å²) in [5.74, 6) is 0. The van der Waals surface area contributed by atoms with Gasteiger partial charge in [-0.05, 0) is 33.3 Å². The zero-order valence-electron chi connectivity index (χ0n) is 8.56. The summed E-state index contributed by atoms with van der Waals surface area (Å²) >= 11 is 12.9. The minimum absolute atomic E-state index is 0.171. The maximum absolute atomic E-state index is 6.06. The number of hydrogen-bond acceptors (Lipinski definition) is 1. The van der Waals surface area contributed by atoms with E-state index in [2.05, 4.69) is 45.7 Å². The molecule has 0 aromatic rings. The lowest BCUT2D eigenvalue weighted by Gasteiger charge is -2.48. The molecule has 0 spiro atoms. The molecule has 1 nitrogen and oxygen atoms in total. The Hall–Kier alpha value is 0.950. The van der Waals surface area contributed by atoms with Crippen LogP contribution in [0.25, 0.3) is 0 Å². The Bertz CT molecular complexity index is 242. The molecule has 4 heteroatoms. The van der Waals surface area contributed by atoms with Crippen molar-refractivity contribution in [3.8, 4) is 0 Å². The van der Waals surface area contributed by atoms with Gasteiger partial charge in [-0.15, -0.1) is 0 Å². The number of hydrogen-bond donors (Lipinski definition) is 0. The summed E-state index contributed by atoms with van der Waals surface area (Å²) in [6.07, 6.45) is 2.92. The van der Waals surface area contributed by atoms with Crippen LogP contribution >= 0.6 is 43.5 Å². The second-order valence-electron chi connectivity index (χ2n) is 4.35. The van der Waals surface area contributed by atoms with Crippen LogP contribution in [0, 0.1) is 0 Å². The van der Waals surface area contributed by atoms with Crippen molar-refractivity contribution in [1.82, 2.24) is 0 Å². The molecule has 0 saturated carbocycles. The monoisotopic (exact) mass is 344 g/mol. The van der Waals surface area contributed by atoms with E-state index in [1.807, 2.05) is 13.0 Å². The van der Waals surface area contributed by atoms with Crippen molar-refractivity contribution in [2.24, 2.45) is 0 Å². The van der Waals surface area contributed by atoms with Crippen molar-refractivity contribution in [2.75, 3.05) is 0 Å². The van der Waals surface area contributed by atoms with Gasteiger partial charge in [0.1, 0.15) is 0 Å². The first-order valence-electron chi connectivity index (χ1n) is 4.58. The smallest absolute Gasteiger partial charge is 0.0978 e. The first kappa shape index (κ1) is 13.0. The number of alkyl halides is 2. The Kier molecular flexibility index (Phi) is 4.13. The summed E-state index contributed by atoms with van der Waals surface area (Å²) in [4.78, 5) is 0.638. The van der Waals surface area contributed by atoms with Crippen molar-refractivity contribution >= 4 is 43.5 Å². The summed E-state index contributed by atoms with van der Waals surface area (Å²) in [6.45, 7) is 6.23. The fraction of sp³-hybridized carbons (Fsp3) is 0.800.